The third-order valence-corrected chi connectivity index (χ3v) is 6.65. The Kier molecular flexibility index (Phi) is 9.08. The Balaban J connectivity index is 2.08. The zero-order chi connectivity index (χ0) is 25.0. The Morgan fingerprint density at radius 3 is 2.44 bits per heavy atom. The quantitative estimate of drug-likeness (QED) is 0.279. The molecule has 9 nitrogen and oxygen atoms in total. The van der Waals surface area contributed by atoms with Gasteiger partial charge in [0.2, 0.25) is 0 Å². The van der Waals surface area contributed by atoms with E-state index in [1.807, 2.05) is 0 Å². The molecule has 1 aromatic heterocycles. The first-order valence-corrected chi connectivity index (χ1v) is 12.5. The molecule has 0 saturated carbocycles. The van der Waals surface area contributed by atoms with Crippen LogP contribution in [0.25, 0.3) is 5.69 Å². The summed E-state index contributed by atoms with van der Waals surface area (Å²) >= 11 is 9.20. The van der Waals surface area contributed by atoms with Gasteiger partial charge in [-0.3, -0.25) is 4.79 Å². The third-order valence-electron chi connectivity index (χ3n) is 4.41. The van der Waals surface area contributed by atoms with Gasteiger partial charge in [-0.15, -0.1) is 9.24 Å². The number of rotatable bonds is 8. The molecule has 0 aliphatic carbocycles. The summed E-state index contributed by atoms with van der Waals surface area (Å²) in [4.78, 5) is 37.3. The van der Waals surface area contributed by atoms with Crippen molar-refractivity contribution in [1.29, 1.82) is 0 Å². The van der Waals surface area contributed by atoms with Crippen LogP contribution < -0.4 is 26.0 Å². The van der Waals surface area contributed by atoms with Gasteiger partial charge in [-0.25, -0.2) is 18.1 Å². The van der Waals surface area contributed by atoms with E-state index in [-0.39, 0.29) is 22.9 Å². The van der Waals surface area contributed by atoms with E-state index in [1.165, 1.54) is 23.2 Å². The van der Waals surface area contributed by atoms with Crippen molar-refractivity contribution >= 4 is 70.2 Å². The van der Waals surface area contributed by atoms with Crippen LogP contribution in [0.5, 0.6) is 17.2 Å². The molecule has 0 bridgehead atoms. The van der Waals surface area contributed by atoms with Crippen LogP contribution in [0.1, 0.15) is 5.69 Å². The minimum atomic E-state index is -1.44. The smallest absolute Gasteiger partial charge is 0.394 e. The van der Waals surface area contributed by atoms with Gasteiger partial charge in [0.1, 0.15) is 17.6 Å². The predicted molar refractivity (Wildman–Crippen MR) is 137 cm³/mol. The summed E-state index contributed by atoms with van der Waals surface area (Å²) in [5.74, 6) is -0.349. The summed E-state index contributed by atoms with van der Waals surface area (Å²) in [6.45, 7) is 1.60. The average molecular weight is 610 g/mol. The van der Waals surface area contributed by atoms with Gasteiger partial charge in [0.25, 0.3) is 5.56 Å². The molecule has 0 N–H and O–H groups in total. The number of methoxy groups -OCH3 is 1. The number of carbonyl (C=O) groups excluding carboxylic acids is 1. The number of aromatic nitrogens is 2. The number of halogens is 3. The topological polar surface area (TPSA) is 98.0 Å². The van der Waals surface area contributed by atoms with E-state index >= 15 is 0 Å². The van der Waals surface area contributed by atoms with Crippen LogP contribution in [0.3, 0.4) is 0 Å². The first-order valence-electron chi connectivity index (χ1n) is 9.24. The van der Waals surface area contributed by atoms with Gasteiger partial charge in [0.05, 0.1) is 21.3 Å². The van der Waals surface area contributed by atoms with E-state index in [2.05, 4.69) is 29.5 Å². The summed E-state index contributed by atoms with van der Waals surface area (Å²) in [7, 11) is 9.53. The molecule has 2 atom stereocenters. The van der Waals surface area contributed by atoms with Crippen molar-refractivity contribution in [1.82, 2.24) is 8.54 Å². The zero-order valence-corrected chi connectivity index (χ0v) is 22.6. The van der Waals surface area contributed by atoms with E-state index in [4.69, 9.17) is 36.8 Å². The molecule has 3 aromatic rings. The number of para-hydroxylation sites is 2. The molecular weight excluding hydrogens is 594 g/mol. The third kappa shape index (κ3) is 5.62. The zero-order valence-electron chi connectivity index (χ0n) is 17.5. The molecule has 0 fully saturated rings. The van der Waals surface area contributed by atoms with Crippen molar-refractivity contribution < 1.29 is 23.3 Å². The minimum absolute atomic E-state index is 0.146. The summed E-state index contributed by atoms with van der Waals surface area (Å²) in [5, 5.41) is 0.544. The lowest BCUT2D eigenvalue weighted by Gasteiger charge is -2.18. The van der Waals surface area contributed by atoms with Gasteiger partial charge in [-0.1, -0.05) is 12.1 Å². The molecular formula is C20H16BrCl2N2O7PS. The van der Waals surface area contributed by atoms with Crippen molar-refractivity contribution in [2.75, 3.05) is 7.11 Å². The molecule has 0 aliphatic heterocycles. The Labute approximate surface area is 218 Å². The van der Waals surface area contributed by atoms with E-state index in [9.17, 15) is 14.4 Å². The minimum Gasteiger partial charge on any atom is -0.452 e. The van der Waals surface area contributed by atoms with Gasteiger partial charge in [-0.05, 0) is 57.0 Å². The molecule has 0 aliphatic rings. The molecule has 0 saturated heterocycles. The molecule has 0 radical (unpaired) electrons. The average Bonchev–Trinajstić information content (AvgIpc) is 2.80. The Hall–Kier alpha value is -2.01. The van der Waals surface area contributed by atoms with Crippen molar-refractivity contribution in [3.63, 3.8) is 0 Å². The monoisotopic (exact) mass is 608 g/mol. The fraction of sp³-hybridized carbons (Fsp3) is 0.150. The van der Waals surface area contributed by atoms with Gasteiger partial charge < -0.3 is 18.5 Å². The van der Waals surface area contributed by atoms with Crippen molar-refractivity contribution in [3.8, 4) is 22.9 Å². The van der Waals surface area contributed by atoms with Crippen LogP contribution in [-0.4, -0.2) is 27.9 Å². The van der Waals surface area contributed by atoms with Crippen LogP contribution in [0.2, 0.25) is 0 Å². The van der Waals surface area contributed by atoms with E-state index < -0.39 is 23.5 Å². The van der Waals surface area contributed by atoms with E-state index in [0.717, 1.165) is 4.57 Å². The largest absolute Gasteiger partial charge is 0.452 e. The lowest BCUT2D eigenvalue weighted by atomic mass is 10.2. The van der Waals surface area contributed by atoms with Crippen LogP contribution in [-0.2, 0) is 13.8 Å². The maximum absolute atomic E-state index is 12.9. The predicted octanol–water partition coefficient (Wildman–Crippen LogP) is 4.06. The maximum atomic E-state index is 12.9. The van der Waals surface area contributed by atoms with E-state index in [0.29, 0.717) is 26.6 Å². The Morgan fingerprint density at radius 2 is 1.82 bits per heavy atom. The Bertz CT molecular complexity index is 1350. The molecule has 14 heteroatoms. The van der Waals surface area contributed by atoms with Gasteiger partial charge >= 0.3 is 17.9 Å². The second-order valence-electron chi connectivity index (χ2n) is 6.58. The van der Waals surface area contributed by atoms with Gasteiger partial charge in [0.15, 0.2) is 11.5 Å². The van der Waals surface area contributed by atoms with Gasteiger partial charge in [0, 0.05) is 24.9 Å². The summed E-state index contributed by atoms with van der Waals surface area (Å²) in [5.41, 5.74) is -0.503. The maximum Gasteiger partial charge on any atom is 0.394 e. The molecule has 0 spiro atoms. The van der Waals surface area contributed by atoms with Crippen LogP contribution >= 0.6 is 58.9 Å². The van der Waals surface area contributed by atoms with Crippen molar-refractivity contribution in [2.45, 2.75) is 13.2 Å². The lowest BCUT2D eigenvalue weighted by molar-refractivity contribution is -0.163. The number of ether oxygens (including phenoxy) is 3. The molecule has 3 rings (SSSR count). The van der Waals surface area contributed by atoms with Crippen molar-refractivity contribution in [2.24, 2.45) is 0 Å². The molecule has 180 valence electrons. The lowest BCUT2D eigenvalue weighted by Crippen LogP contribution is -2.38. The Morgan fingerprint density at radius 1 is 1.15 bits per heavy atom. The number of hydrogen-bond donors (Lipinski definition) is 0. The normalized spacial score (nSPS) is 11.7. The molecule has 0 amide bonds. The van der Waals surface area contributed by atoms with Crippen molar-refractivity contribution in [3.05, 3.63) is 73.5 Å². The summed E-state index contributed by atoms with van der Waals surface area (Å²) in [6, 6.07) is 10.9. The SMILES string of the molecule is COC(Oc1ccccc1Oc1cc(-n2c(=O)cc(C)n(SCl)c2=O)c(P)cc1Br)C(=O)OCl. The van der Waals surface area contributed by atoms with Crippen LogP contribution in [0.15, 0.2) is 56.5 Å². The standard InChI is InChI=1S/C20H16BrCl2N2O7PS/c1-10-7-17(26)24(20(28)25(10)34-23)12-9-15(11(21)8-16(12)33)30-13-5-3-4-6-14(13)31-19(29-2)18(27)32-22/h3-9,19H,33H2,1-2H3. The fourth-order valence-electron chi connectivity index (χ4n) is 2.87. The summed E-state index contributed by atoms with van der Waals surface area (Å²) in [6.07, 6.45) is -1.44. The number of benzene rings is 2. The molecule has 34 heavy (non-hydrogen) atoms. The fourth-order valence-corrected chi connectivity index (χ4v) is 4.81. The highest BCUT2D eigenvalue weighted by Gasteiger charge is 2.24. The second-order valence-corrected chi connectivity index (χ2v) is 9.13. The molecule has 2 unspecified atom stereocenters. The highest BCUT2D eigenvalue weighted by molar-refractivity contribution is 9.10. The first kappa shape index (κ1) is 26.6. The van der Waals surface area contributed by atoms with Gasteiger partial charge in [-0.2, -0.15) is 0 Å². The number of hydrogen-bond acceptors (Lipinski definition) is 8. The second kappa shape index (κ2) is 11.6. The number of carbonyl (C=O) groups is 1. The summed E-state index contributed by atoms with van der Waals surface area (Å²) < 4.78 is 23.3. The molecule has 1 heterocycles. The number of nitrogens with zero attached hydrogens (tertiary/aromatic N) is 2. The molecule has 2 aromatic carbocycles. The number of aryl methyl sites for hydroxylation is 1. The highest BCUT2D eigenvalue weighted by atomic mass is 79.9. The van der Waals surface area contributed by atoms with Crippen LogP contribution in [0.4, 0.5) is 0 Å². The first-order chi connectivity index (χ1) is 16.2. The van der Waals surface area contributed by atoms with Crippen LogP contribution in [0, 0.1) is 6.92 Å². The van der Waals surface area contributed by atoms with E-state index in [1.54, 1.807) is 37.3 Å². The highest BCUT2D eigenvalue weighted by Crippen LogP contribution is 2.36.